The van der Waals surface area contributed by atoms with Gasteiger partial charge in [0.2, 0.25) is 5.91 Å². The van der Waals surface area contributed by atoms with Crippen molar-refractivity contribution in [3.63, 3.8) is 0 Å². The normalized spacial score (nSPS) is 10.2. The average molecular weight is 381 g/mol. The summed E-state index contributed by atoms with van der Waals surface area (Å²) in [6.07, 6.45) is 1.35. The molecule has 0 aliphatic rings. The molecule has 146 valence electrons. The van der Waals surface area contributed by atoms with Gasteiger partial charge in [-0.3, -0.25) is 9.48 Å². The van der Waals surface area contributed by atoms with Crippen LogP contribution in [0, 0.1) is 17.9 Å². The summed E-state index contributed by atoms with van der Waals surface area (Å²) < 4.78 is 12.7. The Balaban J connectivity index is 2.27. The van der Waals surface area contributed by atoms with Crippen LogP contribution >= 0.6 is 0 Å². The molecular weight excluding hydrogens is 358 g/mol. The first-order valence-corrected chi connectivity index (χ1v) is 9.00. The average Bonchev–Trinajstić information content (AvgIpc) is 3.04. The summed E-state index contributed by atoms with van der Waals surface area (Å²) in [4.78, 5) is 14.9. The predicted octanol–water partition coefficient (Wildman–Crippen LogP) is 2.99. The van der Waals surface area contributed by atoms with E-state index in [-0.39, 0.29) is 12.5 Å². The van der Waals surface area contributed by atoms with Crippen LogP contribution in [0.25, 0.3) is 4.85 Å². The molecule has 0 atom stereocenters. The lowest BCUT2D eigenvalue weighted by Gasteiger charge is -2.10. The van der Waals surface area contributed by atoms with Gasteiger partial charge in [0.25, 0.3) is 0 Å². The van der Waals surface area contributed by atoms with Crippen molar-refractivity contribution < 1.29 is 14.3 Å². The second-order valence-electron chi connectivity index (χ2n) is 5.98. The smallest absolute Gasteiger partial charge is 0.246 e. The molecule has 0 fully saturated rings. The zero-order chi connectivity index (χ0) is 20.5. The van der Waals surface area contributed by atoms with E-state index in [0.717, 1.165) is 11.4 Å². The first kappa shape index (κ1) is 20.9. The fourth-order valence-electron chi connectivity index (χ4n) is 2.78. The quantitative estimate of drug-likeness (QED) is 0.674. The van der Waals surface area contributed by atoms with Crippen LogP contribution in [0.3, 0.4) is 0 Å². The molecule has 1 amide bonds. The van der Waals surface area contributed by atoms with E-state index in [4.69, 9.17) is 21.3 Å². The molecule has 0 aliphatic carbocycles. The van der Waals surface area contributed by atoms with Gasteiger partial charge in [0.05, 0.1) is 24.9 Å². The van der Waals surface area contributed by atoms with Crippen molar-refractivity contribution in [1.29, 1.82) is 5.26 Å². The molecule has 0 saturated heterocycles. The largest absolute Gasteiger partial charge is 0.455 e. The van der Waals surface area contributed by atoms with Crippen molar-refractivity contribution in [1.82, 2.24) is 15.1 Å². The highest BCUT2D eigenvalue weighted by atomic mass is 16.5. The first-order valence-electron chi connectivity index (χ1n) is 9.00. The van der Waals surface area contributed by atoms with Gasteiger partial charge < -0.3 is 14.8 Å². The van der Waals surface area contributed by atoms with Crippen LogP contribution in [-0.2, 0) is 28.9 Å². The molecule has 0 radical (unpaired) electrons. The number of hydrogen-bond donors (Lipinski definition) is 1. The van der Waals surface area contributed by atoms with Crippen LogP contribution in [0.4, 0.5) is 5.69 Å². The van der Waals surface area contributed by atoms with Gasteiger partial charge in [-0.1, -0.05) is 13.8 Å². The molecule has 1 aromatic carbocycles. The van der Waals surface area contributed by atoms with Gasteiger partial charge in [0.1, 0.15) is 18.1 Å². The van der Waals surface area contributed by atoms with Gasteiger partial charge in [0.15, 0.2) is 11.4 Å². The van der Waals surface area contributed by atoms with Gasteiger partial charge in [-0.15, -0.1) is 0 Å². The van der Waals surface area contributed by atoms with Crippen LogP contribution in [0.2, 0.25) is 0 Å². The zero-order valence-corrected chi connectivity index (χ0v) is 16.3. The summed E-state index contributed by atoms with van der Waals surface area (Å²) >= 11 is 0. The Labute approximate surface area is 164 Å². The first-order chi connectivity index (χ1) is 13.6. The third-order valence-corrected chi connectivity index (χ3v) is 4.04. The third kappa shape index (κ3) is 5.09. The number of hydrogen-bond acceptors (Lipinski definition) is 5. The van der Waals surface area contributed by atoms with Gasteiger partial charge in [-0.25, -0.2) is 4.85 Å². The monoisotopic (exact) mass is 381 g/mol. The van der Waals surface area contributed by atoms with E-state index in [1.807, 2.05) is 24.6 Å². The number of rotatable bonds is 9. The maximum absolute atomic E-state index is 11.5. The minimum Gasteiger partial charge on any atom is -0.455 e. The van der Waals surface area contributed by atoms with Crippen LogP contribution in [-0.4, -0.2) is 35.9 Å². The van der Waals surface area contributed by atoms with E-state index < -0.39 is 0 Å². The number of aromatic nitrogens is 2. The number of nitrogens with zero attached hydrogens (tertiary/aromatic N) is 4. The second-order valence-corrected chi connectivity index (χ2v) is 5.98. The van der Waals surface area contributed by atoms with E-state index in [9.17, 15) is 4.79 Å². The Hall–Kier alpha value is -3.36. The zero-order valence-electron chi connectivity index (χ0n) is 16.3. The summed E-state index contributed by atoms with van der Waals surface area (Å²) in [5.74, 6) is 0.890. The van der Waals surface area contributed by atoms with Crippen molar-refractivity contribution in [3.8, 4) is 17.6 Å². The molecule has 0 saturated carbocycles. The van der Waals surface area contributed by atoms with E-state index in [0.29, 0.717) is 48.7 Å². The highest BCUT2D eigenvalue weighted by molar-refractivity contribution is 5.77. The minimum absolute atomic E-state index is 0.0208. The van der Waals surface area contributed by atoms with Crippen molar-refractivity contribution in [2.75, 3.05) is 20.3 Å². The van der Waals surface area contributed by atoms with E-state index >= 15 is 0 Å². The molecule has 1 N–H and O–H groups in total. The number of carbonyl (C=O) groups is 1. The van der Waals surface area contributed by atoms with Crippen molar-refractivity contribution in [2.45, 2.75) is 33.2 Å². The molecular formula is C20H23N5O3. The fraction of sp³-hybridized carbons (Fsp3) is 0.400. The van der Waals surface area contributed by atoms with Crippen LogP contribution in [0.1, 0.15) is 30.8 Å². The third-order valence-electron chi connectivity index (χ3n) is 4.04. The van der Waals surface area contributed by atoms with Crippen LogP contribution < -0.4 is 10.1 Å². The predicted molar refractivity (Wildman–Crippen MR) is 103 cm³/mol. The molecule has 2 aromatic rings. The highest BCUT2D eigenvalue weighted by Gasteiger charge is 2.18. The Kier molecular flexibility index (Phi) is 7.55. The molecule has 28 heavy (non-hydrogen) atoms. The van der Waals surface area contributed by atoms with Crippen LogP contribution in [0.15, 0.2) is 18.2 Å². The van der Waals surface area contributed by atoms with Gasteiger partial charge >= 0.3 is 0 Å². The second kappa shape index (κ2) is 10.1. The highest BCUT2D eigenvalue weighted by Crippen LogP contribution is 2.33. The maximum Gasteiger partial charge on any atom is 0.246 e. The lowest BCUT2D eigenvalue weighted by atomic mass is 10.2. The van der Waals surface area contributed by atoms with Gasteiger partial charge in [-0.05, 0) is 31.0 Å². The molecule has 8 nitrogen and oxygen atoms in total. The Morgan fingerprint density at radius 1 is 1.36 bits per heavy atom. The molecule has 0 unspecified atom stereocenters. The van der Waals surface area contributed by atoms with Crippen molar-refractivity contribution in [2.24, 2.45) is 0 Å². The number of aryl methyl sites for hydroxylation is 1. The fourth-order valence-corrected chi connectivity index (χ4v) is 2.78. The topological polar surface area (TPSA) is 93.5 Å². The number of carbonyl (C=O) groups excluding carboxylic acids is 1. The summed E-state index contributed by atoms with van der Waals surface area (Å²) in [5, 5.41) is 16.5. The summed E-state index contributed by atoms with van der Waals surface area (Å²) in [7, 11) is 1.47. The number of ether oxygens (including phenoxy) is 2. The van der Waals surface area contributed by atoms with E-state index in [1.165, 1.54) is 13.2 Å². The van der Waals surface area contributed by atoms with E-state index in [1.54, 1.807) is 12.1 Å². The molecule has 1 aromatic heterocycles. The number of amides is 1. The standard InChI is InChI=1S/C20H23N5O3/c1-5-17-20(28-16-10-14(12-21)9-15(11-16)22-3)18(6-2)25(24-17)8-7-23-19(26)13-27-4/h9-11H,5-8,13H2,1-2,4H3,(H,23,26). The molecule has 0 bridgehead atoms. The molecule has 2 rings (SSSR count). The molecule has 8 heteroatoms. The van der Waals surface area contributed by atoms with Crippen molar-refractivity contribution in [3.05, 3.63) is 46.6 Å². The summed E-state index contributed by atoms with van der Waals surface area (Å²) in [6.45, 7) is 12.1. The lowest BCUT2D eigenvalue weighted by Crippen LogP contribution is -2.30. The number of methoxy groups -OCH3 is 1. The summed E-state index contributed by atoms with van der Waals surface area (Å²) in [5.41, 5.74) is 2.39. The molecule has 0 aliphatic heterocycles. The Bertz CT molecular complexity index is 889. The van der Waals surface area contributed by atoms with Crippen LogP contribution in [0.5, 0.6) is 11.5 Å². The minimum atomic E-state index is -0.181. The Morgan fingerprint density at radius 3 is 2.75 bits per heavy atom. The van der Waals surface area contributed by atoms with Crippen molar-refractivity contribution >= 4 is 11.6 Å². The number of nitriles is 1. The molecule has 1 heterocycles. The summed E-state index contributed by atoms with van der Waals surface area (Å²) in [6, 6.07) is 6.78. The SMILES string of the molecule is [C-]#[N+]c1cc(C#N)cc(Oc2c(CC)nn(CCNC(=O)COC)c2CC)c1. The number of nitrogens with one attached hydrogen (secondary N) is 1. The van der Waals surface area contributed by atoms with Gasteiger partial charge in [-0.2, -0.15) is 10.4 Å². The molecule has 0 spiro atoms. The lowest BCUT2D eigenvalue weighted by molar-refractivity contribution is -0.124. The van der Waals surface area contributed by atoms with E-state index in [2.05, 4.69) is 15.3 Å². The maximum atomic E-state index is 11.5. The van der Waals surface area contributed by atoms with Gasteiger partial charge in [0, 0.05) is 19.2 Å². The number of benzene rings is 1. The Morgan fingerprint density at radius 2 is 2.14 bits per heavy atom.